The van der Waals surface area contributed by atoms with E-state index in [4.69, 9.17) is 14.7 Å². The van der Waals surface area contributed by atoms with Crippen molar-refractivity contribution in [2.45, 2.75) is 18.7 Å². The topological polar surface area (TPSA) is 101 Å². The molecule has 5 heterocycles. The molecule has 0 amide bonds. The van der Waals surface area contributed by atoms with E-state index in [1.165, 1.54) is 17.6 Å². The smallest absolute Gasteiger partial charge is 0.163 e. The van der Waals surface area contributed by atoms with Crippen LogP contribution in [0.25, 0.3) is 32.6 Å². The fourth-order valence-electron chi connectivity index (χ4n) is 3.85. The number of hydrogen-bond acceptors (Lipinski definition) is 8. The van der Waals surface area contributed by atoms with Gasteiger partial charge < -0.3 is 14.6 Å². The average molecular weight is 444 g/mol. The fourth-order valence-corrected chi connectivity index (χ4v) is 5.75. The number of aromatic nitrogens is 4. The summed E-state index contributed by atoms with van der Waals surface area (Å²) >= 11 is 1.50. The van der Waals surface area contributed by atoms with Gasteiger partial charge in [-0.15, -0.1) is 11.3 Å². The standard InChI is InChI=1S/C20H21N5O3S2/c1-12-9-28-8-7-25(12)20-17-16(13(10-29-17)11-30(2,26)27)23-19(24-20)15-4-6-22-18-14(15)3-5-21-18/h3-6,10,12H,7-9,11H2,1-2H3,(H,21,22)/t12-/m1/s1. The number of morpholine rings is 1. The van der Waals surface area contributed by atoms with Crippen LogP contribution in [0.15, 0.2) is 29.9 Å². The molecule has 1 atom stereocenters. The van der Waals surface area contributed by atoms with Gasteiger partial charge in [0.05, 0.1) is 35.2 Å². The molecule has 1 aliphatic rings. The summed E-state index contributed by atoms with van der Waals surface area (Å²) in [5.41, 5.74) is 3.04. The van der Waals surface area contributed by atoms with Gasteiger partial charge in [0.25, 0.3) is 0 Å². The second-order valence-corrected chi connectivity index (χ2v) is 10.6. The third-order valence-corrected chi connectivity index (χ3v) is 7.08. The number of H-pyrrole nitrogens is 1. The van der Waals surface area contributed by atoms with Crippen LogP contribution in [0, 0.1) is 0 Å². The number of nitrogens with one attached hydrogen (secondary N) is 1. The number of ether oxygens (including phenoxy) is 1. The van der Waals surface area contributed by atoms with Gasteiger partial charge in [-0.2, -0.15) is 0 Å². The number of thiophene rings is 1. The first-order valence-corrected chi connectivity index (χ1v) is 12.6. The molecule has 0 saturated carbocycles. The SMILES string of the molecule is C[C@@H]1COCCN1c1nc(-c2ccnc3[nH]ccc23)nc2c(CS(C)(=O)=O)csc12. The quantitative estimate of drug-likeness (QED) is 0.517. The van der Waals surface area contributed by atoms with E-state index in [0.717, 1.165) is 33.7 Å². The minimum absolute atomic E-state index is 0.0442. The Hall–Kier alpha value is -2.56. The summed E-state index contributed by atoms with van der Waals surface area (Å²) in [7, 11) is -3.19. The van der Waals surface area contributed by atoms with E-state index in [0.29, 0.717) is 30.1 Å². The Balaban J connectivity index is 1.76. The largest absolute Gasteiger partial charge is 0.377 e. The second kappa shape index (κ2) is 7.29. The van der Waals surface area contributed by atoms with Crippen LogP contribution in [0.1, 0.15) is 12.5 Å². The Labute approximate surface area is 177 Å². The minimum atomic E-state index is -3.19. The van der Waals surface area contributed by atoms with Crippen molar-refractivity contribution in [3.63, 3.8) is 0 Å². The Morgan fingerprint density at radius 3 is 3.00 bits per heavy atom. The summed E-state index contributed by atoms with van der Waals surface area (Å²) in [6.07, 6.45) is 4.81. The zero-order valence-corrected chi connectivity index (χ0v) is 18.3. The molecule has 0 radical (unpaired) electrons. The van der Waals surface area contributed by atoms with Gasteiger partial charge in [0.15, 0.2) is 21.5 Å². The number of hydrogen-bond donors (Lipinski definition) is 1. The Bertz CT molecular complexity index is 1350. The van der Waals surface area contributed by atoms with Crippen molar-refractivity contribution in [2.24, 2.45) is 0 Å². The second-order valence-electron chi connectivity index (χ2n) is 7.60. The molecule has 0 unspecified atom stereocenters. The predicted molar refractivity (Wildman–Crippen MR) is 119 cm³/mol. The molecule has 5 rings (SSSR count). The summed E-state index contributed by atoms with van der Waals surface area (Å²) in [6, 6.07) is 4.01. The Kier molecular flexibility index (Phi) is 4.72. The van der Waals surface area contributed by atoms with Gasteiger partial charge >= 0.3 is 0 Å². The van der Waals surface area contributed by atoms with Crippen LogP contribution in [0.5, 0.6) is 0 Å². The van der Waals surface area contributed by atoms with Crippen molar-refractivity contribution in [2.75, 3.05) is 30.9 Å². The lowest BCUT2D eigenvalue weighted by molar-refractivity contribution is 0.0987. The van der Waals surface area contributed by atoms with Gasteiger partial charge in [-0.1, -0.05) is 0 Å². The van der Waals surface area contributed by atoms with Crippen LogP contribution < -0.4 is 4.90 Å². The van der Waals surface area contributed by atoms with Crippen molar-refractivity contribution in [1.29, 1.82) is 0 Å². The number of nitrogens with zero attached hydrogens (tertiary/aromatic N) is 4. The summed E-state index contributed by atoms with van der Waals surface area (Å²) in [5, 5.41) is 2.81. The van der Waals surface area contributed by atoms with E-state index in [-0.39, 0.29) is 11.8 Å². The predicted octanol–water partition coefficient (Wildman–Crippen LogP) is 3.00. The molecule has 8 nitrogen and oxygen atoms in total. The van der Waals surface area contributed by atoms with Gasteiger partial charge in [0.2, 0.25) is 0 Å². The van der Waals surface area contributed by atoms with Gasteiger partial charge in [-0.25, -0.2) is 23.4 Å². The molecule has 0 spiro atoms. The van der Waals surface area contributed by atoms with Crippen LogP contribution >= 0.6 is 11.3 Å². The molecule has 0 bridgehead atoms. The maximum absolute atomic E-state index is 12.0. The van der Waals surface area contributed by atoms with E-state index in [1.54, 1.807) is 6.20 Å². The molecule has 1 N–H and O–H groups in total. The monoisotopic (exact) mass is 443 g/mol. The molecule has 4 aromatic rings. The highest BCUT2D eigenvalue weighted by Gasteiger charge is 2.26. The third kappa shape index (κ3) is 3.44. The van der Waals surface area contributed by atoms with Gasteiger partial charge in [0.1, 0.15) is 5.65 Å². The maximum atomic E-state index is 12.0. The first kappa shape index (κ1) is 19.4. The number of rotatable bonds is 4. The van der Waals surface area contributed by atoms with Crippen LogP contribution in [-0.2, 0) is 20.3 Å². The Morgan fingerprint density at radius 2 is 2.20 bits per heavy atom. The first-order valence-electron chi connectivity index (χ1n) is 9.63. The van der Waals surface area contributed by atoms with Crippen molar-refractivity contribution in [3.05, 3.63) is 35.5 Å². The molecular weight excluding hydrogens is 422 g/mol. The van der Waals surface area contributed by atoms with E-state index in [1.807, 2.05) is 23.7 Å². The average Bonchev–Trinajstić information content (AvgIpc) is 3.34. The van der Waals surface area contributed by atoms with Crippen molar-refractivity contribution in [1.82, 2.24) is 19.9 Å². The molecule has 4 aromatic heterocycles. The van der Waals surface area contributed by atoms with Crippen LogP contribution in [0.3, 0.4) is 0 Å². The highest BCUT2D eigenvalue weighted by Crippen LogP contribution is 2.37. The lowest BCUT2D eigenvalue weighted by Crippen LogP contribution is -2.44. The maximum Gasteiger partial charge on any atom is 0.163 e. The lowest BCUT2D eigenvalue weighted by Gasteiger charge is -2.34. The van der Waals surface area contributed by atoms with E-state index < -0.39 is 9.84 Å². The molecule has 10 heteroatoms. The summed E-state index contributed by atoms with van der Waals surface area (Å²) in [6.45, 7) is 4.08. The van der Waals surface area contributed by atoms with Gasteiger partial charge in [-0.05, 0) is 24.4 Å². The number of fused-ring (bicyclic) bond motifs is 2. The zero-order valence-electron chi connectivity index (χ0n) is 16.6. The zero-order chi connectivity index (χ0) is 20.9. The van der Waals surface area contributed by atoms with Crippen LogP contribution in [0.2, 0.25) is 0 Å². The van der Waals surface area contributed by atoms with Crippen LogP contribution in [0.4, 0.5) is 5.82 Å². The van der Waals surface area contributed by atoms with Crippen molar-refractivity contribution < 1.29 is 13.2 Å². The first-order chi connectivity index (χ1) is 14.4. The lowest BCUT2D eigenvalue weighted by atomic mass is 10.1. The highest BCUT2D eigenvalue weighted by atomic mass is 32.2. The van der Waals surface area contributed by atoms with E-state index >= 15 is 0 Å². The van der Waals surface area contributed by atoms with E-state index in [9.17, 15) is 8.42 Å². The number of pyridine rings is 1. The third-order valence-electron chi connectivity index (χ3n) is 5.23. The van der Waals surface area contributed by atoms with E-state index in [2.05, 4.69) is 21.8 Å². The molecule has 1 aliphatic heterocycles. The molecule has 1 saturated heterocycles. The molecule has 0 aliphatic carbocycles. The van der Waals surface area contributed by atoms with Gasteiger partial charge in [0, 0.05) is 41.7 Å². The van der Waals surface area contributed by atoms with Gasteiger partial charge in [-0.3, -0.25) is 0 Å². The normalized spacial score (nSPS) is 17.8. The molecule has 30 heavy (non-hydrogen) atoms. The molecule has 1 fully saturated rings. The molecular formula is C20H21N5O3S2. The van der Waals surface area contributed by atoms with Crippen molar-refractivity contribution in [3.8, 4) is 11.4 Å². The summed E-state index contributed by atoms with van der Waals surface area (Å²) in [5.74, 6) is 1.35. The number of aromatic amines is 1. The minimum Gasteiger partial charge on any atom is -0.377 e. The van der Waals surface area contributed by atoms with Crippen molar-refractivity contribution >= 4 is 48.2 Å². The molecule has 156 valence electrons. The molecule has 0 aromatic carbocycles. The summed E-state index contributed by atoms with van der Waals surface area (Å²) < 4.78 is 30.5. The Morgan fingerprint density at radius 1 is 1.33 bits per heavy atom. The van der Waals surface area contributed by atoms with Crippen LogP contribution in [-0.4, -0.2) is 60.4 Å². The number of sulfone groups is 1. The highest BCUT2D eigenvalue weighted by molar-refractivity contribution is 7.89. The number of anilines is 1. The fraction of sp³-hybridized carbons (Fsp3) is 0.350. The summed E-state index contributed by atoms with van der Waals surface area (Å²) in [4.78, 5) is 19.5.